The highest BCUT2D eigenvalue weighted by atomic mass is 16.6. The number of amides is 1. The summed E-state index contributed by atoms with van der Waals surface area (Å²) in [6, 6.07) is 1.66. The van der Waals surface area contributed by atoms with Crippen molar-refractivity contribution in [2.24, 2.45) is 11.3 Å². The van der Waals surface area contributed by atoms with E-state index in [-0.39, 0.29) is 30.2 Å². The van der Waals surface area contributed by atoms with Crippen LogP contribution in [0, 0.1) is 18.3 Å². The Labute approximate surface area is 153 Å². The van der Waals surface area contributed by atoms with Gasteiger partial charge in [0.2, 0.25) is 11.7 Å². The molecule has 0 aliphatic carbocycles. The zero-order chi connectivity index (χ0) is 19.5. The largest absolute Gasteiger partial charge is 0.463 e. The summed E-state index contributed by atoms with van der Waals surface area (Å²) < 4.78 is 15.3. The number of aryl methyl sites for hydroxylation is 1. The molecule has 0 saturated carbocycles. The van der Waals surface area contributed by atoms with Crippen LogP contribution >= 0.6 is 0 Å². The number of esters is 2. The molecule has 1 aromatic heterocycles. The van der Waals surface area contributed by atoms with Crippen LogP contribution in [-0.4, -0.2) is 42.9 Å². The molecular formula is C19H27NO6. The highest BCUT2D eigenvalue weighted by Crippen LogP contribution is 2.25. The summed E-state index contributed by atoms with van der Waals surface area (Å²) in [7, 11) is 1.28. The van der Waals surface area contributed by atoms with Gasteiger partial charge >= 0.3 is 11.9 Å². The van der Waals surface area contributed by atoms with Crippen LogP contribution in [-0.2, 0) is 25.7 Å². The van der Waals surface area contributed by atoms with Crippen LogP contribution in [0.1, 0.15) is 55.5 Å². The number of hydrogen-bond donors (Lipinski definition) is 0. The van der Waals surface area contributed by atoms with E-state index in [0.717, 1.165) is 0 Å². The summed E-state index contributed by atoms with van der Waals surface area (Å²) in [6.07, 6.45) is 1.18. The number of likely N-dealkylation sites (tertiary alicyclic amines) is 1. The van der Waals surface area contributed by atoms with Crippen molar-refractivity contribution in [1.82, 2.24) is 4.90 Å². The van der Waals surface area contributed by atoms with E-state index in [2.05, 4.69) is 4.74 Å². The second-order valence-electron chi connectivity index (χ2n) is 7.64. The summed E-state index contributed by atoms with van der Waals surface area (Å²) in [5, 5.41) is 0. The Balaban J connectivity index is 1.85. The number of methoxy groups -OCH3 is 1. The summed E-state index contributed by atoms with van der Waals surface area (Å²) in [5.74, 6) is -0.470. The van der Waals surface area contributed by atoms with Crippen molar-refractivity contribution in [2.75, 3.05) is 20.2 Å². The van der Waals surface area contributed by atoms with Crippen LogP contribution in [0.5, 0.6) is 0 Å². The summed E-state index contributed by atoms with van der Waals surface area (Å²) in [5.41, 5.74) is 0.221. The van der Waals surface area contributed by atoms with Gasteiger partial charge in [0.25, 0.3) is 0 Å². The van der Waals surface area contributed by atoms with Crippen molar-refractivity contribution in [3.05, 3.63) is 23.2 Å². The van der Waals surface area contributed by atoms with Crippen LogP contribution in [0.3, 0.4) is 0 Å². The lowest BCUT2D eigenvalue weighted by Gasteiger charge is -2.34. The van der Waals surface area contributed by atoms with Gasteiger partial charge in [0.15, 0.2) is 0 Å². The quantitative estimate of drug-likeness (QED) is 0.763. The number of rotatable bonds is 4. The molecule has 1 amide bonds. The van der Waals surface area contributed by atoms with Crippen molar-refractivity contribution < 1.29 is 28.3 Å². The molecule has 7 nitrogen and oxygen atoms in total. The van der Waals surface area contributed by atoms with Gasteiger partial charge in [-0.25, -0.2) is 4.79 Å². The van der Waals surface area contributed by atoms with Crippen molar-refractivity contribution in [3.8, 4) is 0 Å². The molecule has 144 valence electrons. The summed E-state index contributed by atoms with van der Waals surface area (Å²) in [6.45, 7) is 8.49. The Morgan fingerprint density at radius 1 is 1.23 bits per heavy atom. The topological polar surface area (TPSA) is 86.1 Å². The lowest BCUT2D eigenvalue weighted by molar-refractivity contribution is -0.154. The van der Waals surface area contributed by atoms with Crippen molar-refractivity contribution >= 4 is 17.8 Å². The van der Waals surface area contributed by atoms with Gasteiger partial charge in [-0.3, -0.25) is 9.59 Å². The average Bonchev–Trinajstić information content (AvgIpc) is 2.98. The predicted molar refractivity (Wildman–Crippen MR) is 93.3 cm³/mol. The number of carbonyl (C=O) groups is 3. The number of hydrogen-bond acceptors (Lipinski definition) is 6. The van der Waals surface area contributed by atoms with Crippen LogP contribution < -0.4 is 0 Å². The molecule has 1 aliphatic rings. The standard InChI is InChI=1S/C19H27NO6/c1-12-10-14(26-15(12)17(22)24-5)11-25-16(21)13-6-8-20(9-7-13)18(23)19(2,3)4/h10,13H,6-9,11H2,1-5H3. The van der Waals surface area contributed by atoms with Crippen molar-refractivity contribution in [3.63, 3.8) is 0 Å². The maximum Gasteiger partial charge on any atom is 0.374 e. The van der Waals surface area contributed by atoms with Crippen LogP contribution in [0.4, 0.5) is 0 Å². The molecule has 7 heteroatoms. The number of ether oxygens (including phenoxy) is 2. The molecule has 1 aromatic rings. The van der Waals surface area contributed by atoms with E-state index in [4.69, 9.17) is 9.15 Å². The zero-order valence-corrected chi connectivity index (χ0v) is 16.1. The van der Waals surface area contributed by atoms with E-state index in [0.29, 0.717) is 37.3 Å². The van der Waals surface area contributed by atoms with E-state index in [1.54, 1.807) is 13.0 Å². The highest BCUT2D eigenvalue weighted by molar-refractivity contribution is 5.87. The van der Waals surface area contributed by atoms with Crippen LogP contribution in [0.15, 0.2) is 10.5 Å². The molecule has 2 heterocycles. The molecule has 1 saturated heterocycles. The first-order valence-electron chi connectivity index (χ1n) is 8.77. The van der Waals surface area contributed by atoms with E-state index < -0.39 is 11.4 Å². The van der Waals surface area contributed by atoms with Crippen LogP contribution in [0.2, 0.25) is 0 Å². The number of piperidine rings is 1. The molecule has 1 aliphatic heterocycles. The molecule has 1 fully saturated rings. The van der Waals surface area contributed by atoms with Gasteiger partial charge in [0.05, 0.1) is 13.0 Å². The molecule has 0 unspecified atom stereocenters. The first kappa shape index (κ1) is 20.0. The average molecular weight is 365 g/mol. The van der Waals surface area contributed by atoms with E-state index in [9.17, 15) is 14.4 Å². The highest BCUT2D eigenvalue weighted by Gasteiger charge is 2.33. The Morgan fingerprint density at radius 2 is 1.85 bits per heavy atom. The molecule has 0 spiro atoms. The minimum absolute atomic E-state index is 0.0300. The Morgan fingerprint density at radius 3 is 2.38 bits per heavy atom. The van der Waals surface area contributed by atoms with Gasteiger partial charge in [0, 0.05) is 24.1 Å². The smallest absolute Gasteiger partial charge is 0.374 e. The minimum atomic E-state index is -0.559. The third-order valence-electron chi connectivity index (χ3n) is 4.45. The number of furan rings is 1. The molecule has 0 bridgehead atoms. The second kappa shape index (κ2) is 7.93. The Hall–Kier alpha value is -2.31. The fourth-order valence-corrected chi connectivity index (χ4v) is 2.97. The van der Waals surface area contributed by atoms with Gasteiger partial charge < -0.3 is 18.8 Å². The molecule has 26 heavy (non-hydrogen) atoms. The number of nitrogens with zero attached hydrogens (tertiary/aromatic N) is 1. The van der Waals surface area contributed by atoms with E-state index in [1.807, 2.05) is 25.7 Å². The lowest BCUT2D eigenvalue weighted by atomic mass is 9.91. The molecule has 2 rings (SSSR count). The first-order chi connectivity index (χ1) is 12.1. The van der Waals surface area contributed by atoms with Crippen molar-refractivity contribution in [2.45, 2.75) is 47.1 Å². The SMILES string of the molecule is COC(=O)c1oc(COC(=O)C2CCN(C(=O)C(C)(C)C)CC2)cc1C. The monoisotopic (exact) mass is 365 g/mol. The third-order valence-corrected chi connectivity index (χ3v) is 4.45. The normalized spacial score (nSPS) is 15.7. The van der Waals surface area contributed by atoms with E-state index in [1.165, 1.54) is 7.11 Å². The molecular weight excluding hydrogens is 338 g/mol. The fourth-order valence-electron chi connectivity index (χ4n) is 2.97. The molecule has 0 N–H and O–H groups in total. The van der Waals surface area contributed by atoms with Gasteiger partial charge in [-0.05, 0) is 25.8 Å². The second-order valence-corrected chi connectivity index (χ2v) is 7.64. The molecule has 0 radical (unpaired) electrons. The van der Waals surface area contributed by atoms with Gasteiger partial charge in [-0.1, -0.05) is 20.8 Å². The lowest BCUT2D eigenvalue weighted by Crippen LogP contribution is -2.45. The third kappa shape index (κ3) is 4.65. The van der Waals surface area contributed by atoms with Gasteiger partial charge in [-0.2, -0.15) is 0 Å². The van der Waals surface area contributed by atoms with E-state index >= 15 is 0 Å². The first-order valence-corrected chi connectivity index (χ1v) is 8.77. The van der Waals surface area contributed by atoms with Crippen LogP contribution in [0.25, 0.3) is 0 Å². The fraction of sp³-hybridized carbons (Fsp3) is 0.632. The zero-order valence-electron chi connectivity index (χ0n) is 16.1. The summed E-state index contributed by atoms with van der Waals surface area (Å²) >= 11 is 0. The summed E-state index contributed by atoms with van der Waals surface area (Å²) in [4.78, 5) is 37.9. The van der Waals surface area contributed by atoms with Crippen molar-refractivity contribution in [1.29, 1.82) is 0 Å². The Kier molecular flexibility index (Phi) is 6.10. The molecule has 0 atom stereocenters. The molecule has 0 aromatic carbocycles. The predicted octanol–water partition coefficient (Wildman–Crippen LogP) is 2.70. The maximum atomic E-state index is 12.3. The number of carbonyl (C=O) groups excluding carboxylic acids is 3. The Bertz CT molecular complexity index is 677. The van der Waals surface area contributed by atoms with Gasteiger partial charge in [-0.15, -0.1) is 0 Å². The maximum absolute atomic E-state index is 12.3. The van der Waals surface area contributed by atoms with Gasteiger partial charge in [0.1, 0.15) is 12.4 Å². The minimum Gasteiger partial charge on any atom is -0.463 e.